The zero-order chi connectivity index (χ0) is 15.5. The first-order valence-corrected chi connectivity index (χ1v) is 7.90. The fourth-order valence-electron chi connectivity index (χ4n) is 3.20. The zero-order valence-corrected chi connectivity index (χ0v) is 12.9. The Morgan fingerprint density at radius 3 is 2.74 bits per heavy atom. The quantitative estimate of drug-likeness (QED) is 0.801. The van der Waals surface area contributed by atoms with Gasteiger partial charge in [0.2, 0.25) is 0 Å². The summed E-state index contributed by atoms with van der Waals surface area (Å²) in [7, 11) is 0. The lowest BCUT2D eigenvalue weighted by molar-refractivity contribution is 0.0543. The normalized spacial score (nSPS) is 17.2. The van der Waals surface area contributed by atoms with Crippen LogP contribution in [0.25, 0.3) is 5.65 Å². The molecule has 2 aromatic heterocycles. The molecule has 6 heteroatoms. The third-order valence-corrected chi connectivity index (χ3v) is 4.61. The molecule has 1 N–H and O–H groups in total. The van der Waals surface area contributed by atoms with Crippen LogP contribution in [0.5, 0.6) is 0 Å². The molecule has 0 atom stereocenters. The average Bonchev–Trinajstić information content (AvgIpc) is 3.09. The molecule has 0 saturated carbocycles. The molecule has 0 spiro atoms. The summed E-state index contributed by atoms with van der Waals surface area (Å²) in [6, 6.07) is 14.6. The van der Waals surface area contributed by atoms with Crippen molar-refractivity contribution in [2.45, 2.75) is 18.3 Å². The van der Waals surface area contributed by atoms with Gasteiger partial charge >= 0.3 is 0 Å². The molecule has 118 valence electrons. The monoisotopic (exact) mass is 309 g/mol. The Hall–Kier alpha value is -2.47. The van der Waals surface area contributed by atoms with E-state index in [9.17, 15) is 0 Å². The molecule has 0 bridgehead atoms. The molecule has 1 saturated heterocycles. The largest absolute Gasteiger partial charge is 0.381 e. The smallest absolute Gasteiger partial charge is 0.177 e. The third kappa shape index (κ3) is 2.77. The lowest BCUT2D eigenvalue weighted by Gasteiger charge is -2.38. The van der Waals surface area contributed by atoms with Crippen LogP contribution in [0.3, 0.4) is 0 Å². The molecule has 0 unspecified atom stereocenters. The summed E-state index contributed by atoms with van der Waals surface area (Å²) in [5.74, 6) is 0.832. The standard InChI is InChI=1S/C17H19N5O/c1-2-4-14(5-3-1)17(8-10-23-11-9-17)12-18-15-6-7-16-20-19-13-22(16)21-15/h1-7,13H,8-12H2,(H,18,21). The number of ether oxygens (including phenoxy) is 1. The highest BCUT2D eigenvalue weighted by Gasteiger charge is 2.34. The first-order valence-electron chi connectivity index (χ1n) is 7.90. The Morgan fingerprint density at radius 1 is 1.09 bits per heavy atom. The van der Waals surface area contributed by atoms with Crippen LogP contribution in [0.4, 0.5) is 5.82 Å². The van der Waals surface area contributed by atoms with Gasteiger partial charge in [0, 0.05) is 25.2 Å². The number of anilines is 1. The molecule has 0 amide bonds. The molecule has 3 aromatic rings. The number of fused-ring (bicyclic) bond motifs is 1. The van der Waals surface area contributed by atoms with Crippen LogP contribution < -0.4 is 5.32 Å². The van der Waals surface area contributed by atoms with Gasteiger partial charge in [-0.05, 0) is 30.5 Å². The van der Waals surface area contributed by atoms with Crippen molar-refractivity contribution in [3.05, 3.63) is 54.4 Å². The summed E-state index contributed by atoms with van der Waals surface area (Å²) in [5, 5.41) is 15.8. The number of hydrogen-bond acceptors (Lipinski definition) is 5. The molecule has 6 nitrogen and oxygen atoms in total. The van der Waals surface area contributed by atoms with Crippen LogP contribution in [0.15, 0.2) is 48.8 Å². The molecular weight excluding hydrogens is 290 g/mol. The minimum Gasteiger partial charge on any atom is -0.381 e. The molecular formula is C17H19N5O. The van der Waals surface area contributed by atoms with Crippen LogP contribution >= 0.6 is 0 Å². The van der Waals surface area contributed by atoms with Crippen LogP contribution in [-0.4, -0.2) is 39.6 Å². The Balaban J connectivity index is 1.58. The fourth-order valence-corrected chi connectivity index (χ4v) is 3.20. The predicted molar refractivity (Wildman–Crippen MR) is 87.4 cm³/mol. The molecule has 1 aromatic carbocycles. The molecule has 3 heterocycles. The van der Waals surface area contributed by atoms with Gasteiger partial charge in [0.05, 0.1) is 0 Å². The first kappa shape index (κ1) is 14.1. The molecule has 1 aliphatic rings. The van der Waals surface area contributed by atoms with Crippen LogP contribution in [0.1, 0.15) is 18.4 Å². The van der Waals surface area contributed by atoms with Gasteiger partial charge in [-0.15, -0.1) is 15.3 Å². The molecule has 0 radical (unpaired) electrons. The van der Waals surface area contributed by atoms with Gasteiger partial charge in [-0.2, -0.15) is 4.52 Å². The summed E-state index contributed by atoms with van der Waals surface area (Å²) >= 11 is 0. The van der Waals surface area contributed by atoms with Gasteiger partial charge in [0.15, 0.2) is 5.65 Å². The minimum atomic E-state index is 0.0866. The maximum absolute atomic E-state index is 5.58. The molecule has 0 aliphatic carbocycles. The number of nitrogens with one attached hydrogen (secondary N) is 1. The van der Waals surface area contributed by atoms with E-state index in [0.717, 1.165) is 44.1 Å². The molecule has 23 heavy (non-hydrogen) atoms. The highest BCUT2D eigenvalue weighted by molar-refractivity contribution is 5.43. The summed E-state index contributed by atoms with van der Waals surface area (Å²) < 4.78 is 7.26. The van der Waals surface area contributed by atoms with Crippen LogP contribution in [0, 0.1) is 0 Å². The number of hydrogen-bond donors (Lipinski definition) is 1. The van der Waals surface area contributed by atoms with E-state index in [2.05, 4.69) is 50.9 Å². The van der Waals surface area contributed by atoms with E-state index in [-0.39, 0.29) is 5.41 Å². The summed E-state index contributed by atoms with van der Waals surface area (Å²) in [5.41, 5.74) is 2.20. The van der Waals surface area contributed by atoms with Crippen LogP contribution in [-0.2, 0) is 10.2 Å². The maximum atomic E-state index is 5.58. The highest BCUT2D eigenvalue weighted by atomic mass is 16.5. The van der Waals surface area contributed by atoms with E-state index < -0.39 is 0 Å². The molecule has 1 fully saturated rings. The van der Waals surface area contributed by atoms with Crippen molar-refractivity contribution in [2.24, 2.45) is 0 Å². The zero-order valence-electron chi connectivity index (χ0n) is 12.9. The Labute approximate surface area is 134 Å². The summed E-state index contributed by atoms with van der Waals surface area (Å²) in [4.78, 5) is 0. The second kappa shape index (κ2) is 5.96. The van der Waals surface area contributed by atoms with Gasteiger partial charge in [0.1, 0.15) is 12.1 Å². The van der Waals surface area contributed by atoms with Crippen molar-refractivity contribution >= 4 is 11.5 Å². The highest BCUT2D eigenvalue weighted by Crippen LogP contribution is 2.34. The SMILES string of the molecule is c1ccc(C2(CNc3ccc4nncn4n3)CCOCC2)cc1. The molecule has 1 aliphatic heterocycles. The topological polar surface area (TPSA) is 64.3 Å². The number of benzene rings is 1. The second-order valence-corrected chi connectivity index (χ2v) is 5.96. The van der Waals surface area contributed by atoms with E-state index in [1.807, 2.05) is 12.1 Å². The van der Waals surface area contributed by atoms with Crippen molar-refractivity contribution in [3.8, 4) is 0 Å². The van der Waals surface area contributed by atoms with E-state index >= 15 is 0 Å². The maximum Gasteiger partial charge on any atom is 0.177 e. The van der Waals surface area contributed by atoms with Gasteiger partial charge < -0.3 is 10.1 Å². The summed E-state index contributed by atoms with van der Waals surface area (Å²) in [6.45, 7) is 2.43. The number of nitrogens with zero attached hydrogens (tertiary/aromatic N) is 4. The Bertz CT molecular complexity index is 780. The van der Waals surface area contributed by atoms with Crippen molar-refractivity contribution in [1.82, 2.24) is 19.8 Å². The average molecular weight is 309 g/mol. The van der Waals surface area contributed by atoms with Crippen molar-refractivity contribution in [2.75, 3.05) is 25.1 Å². The van der Waals surface area contributed by atoms with Crippen molar-refractivity contribution in [1.29, 1.82) is 0 Å². The summed E-state index contributed by atoms with van der Waals surface area (Å²) in [6.07, 6.45) is 3.64. The number of rotatable bonds is 4. The van der Waals surface area contributed by atoms with Gasteiger partial charge in [-0.25, -0.2) is 0 Å². The second-order valence-electron chi connectivity index (χ2n) is 5.96. The van der Waals surface area contributed by atoms with E-state index in [4.69, 9.17) is 4.74 Å². The van der Waals surface area contributed by atoms with Crippen molar-refractivity contribution < 1.29 is 4.74 Å². The fraction of sp³-hybridized carbons (Fsp3) is 0.353. The van der Waals surface area contributed by atoms with Crippen molar-refractivity contribution in [3.63, 3.8) is 0 Å². The third-order valence-electron chi connectivity index (χ3n) is 4.61. The Morgan fingerprint density at radius 2 is 1.91 bits per heavy atom. The molecule has 4 rings (SSSR count). The van der Waals surface area contributed by atoms with Gasteiger partial charge in [0.25, 0.3) is 0 Å². The Kier molecular flexibility index (Phi) is 3.67. The first-order chi connectivity index (χ1) is 11.4. The number of aromatic nitrogens is 4. The predicted octanol–water partition coefficient (Wildman–Crippen LogP) is 2.28. The lowest BCUT2D eigenvalue weighted by atomic mass is 9.74. The van der Waals surface area contributed by atoms with Crippen LogP contribution in [0.2, 0.25) is 0 Å². The van der Waals surface area contributed by atoms with E-state index in [0.29, 0.717) is 0 Å². The van der Waals surface area contributed by atoms with E-state index in [1.54, 1.807) is 10.8 Å². The minimum absolute atomic E-state index is 0.0866. The van der Waals surface area contributed by atoms with E-state index in [1.165, 1.54) is 5.56 Å². The van der Waals surface area contributed by atoms with Gasteiger partial charge in [-0.1, -0.05) is 30.3 Å². The lowest BCUT2D eigenvalue weighted by Crippen LogP contribution is -2.40. The van der Waals surface area contributed by atoms with Gasteiger partial charge in [-0.3, -0.25) is 0 Å².